The number of nitrogens with two attached hydrogens (primary N) is 1. The topological polar surface area (TPSA) is 114 Å². The molecule has 0 aliphatic heterocycles. The van der Waals surface area contributed by atoms with Crippen LogP contribution in [0, 0.1) is 11.4 Å². The number of amidine groups is 1. The molecule has 7 nitrogen and oxygen atoms in total. The normalized spacial score (nSPS) is 13.4. The van der Waals surface area contributed by atoms with Gasteiger partial charge in [-0.2, -0.15) is 17.6 Å². The molecule has 2 aromatic rings. The monoisotopic (exact) mass is 433 g/mol. The molecule has 0 aliphatic carbocycles. The number of anilines is 1. The van der Waals surface area contributed by atoms with Gasteiger partial charge in [0.2, 0.25) is 5.95 Å². The SMILES string of the molecule is C[C@@H](C[C@H](OC(=N)N)C(F)(F)F)c1cc(NC(=O)c2ccc(Cl)cn2)cnc1F. The summed E-state index contributed by atoms with van der Waals surface area (Å²) >= 11 is 5.70. The van der Waals surface area contributed by atoms with Crippen molar-refractivity contribution >= 4 is 29.2 Å². The van der Waals surface area contributed by atoms with Crippen molar-refractivity contribution in [3.8, 4) is 0 Å². The Balaban J connectivity index is 2.19. The number of nitrogens with one attached hydrogen (secondary N) is 2. The van der Waals surface area contributed by atoms with Gasteiger partial charge in [-0.3, -0.25) is 10.2 Å². The molecule has 2 aromatic heterocycles. The van der Waals surface area contributed by atoms with Crippen molar-refractivity contribution in [2.45, 2.75) is 31.5 Å². The first-order valence-corrected chi connectivity index (χ1v) is 8.51. The summed E-state index contributed by atoms with van der Waals surface area (Å²) in [6.07, 6.45) is -5.63. The van der Waals surface area contributed by atoms with Crippen LogP contribution in [-0.4, -0.2) is 34.2 Å². The van der Waals surface area contributed by atoms with E-state index in [9.17, 15) is 22.4 Å². The van der Waals surface area contributed by atoms with Crippen LogP contribution in [0.15, 0.2) is 30.6 Å². The summed E-state index contributed by atoms with van der Waals surface area (Å²) in [7, 11) is 0. The highest BCUT2D eigenvalue weighted by atomic mass is 35.5. The van der Waals surface area contributed by atoms with Gasteiger partial charge in [-0.15, -0.1) is 0 Å². The predicted molar refractivity (Wildman–Crippen MR) is 97.3 cm³/mol. The summed E-state index contributed by atoms with van der Waals surface area (Å²) in [6.45, 7) is 1.33. The zero-order valence-corrected chi connectivity index (χ0v) is 15.7. The first-order valence-electron chi connectivity index (χ1n) is 8.13. The summed E-state index contributed by atoms with van der Waals surface area (Å²) < 4.78 is 57.6. The van der Waals surface area contributed by atoms with Gasteiger partial charge in [-0.05, 0) is 24.1 Å². The van der Waals surface area contributed by atoms with Gasteiger partial charge in [-0.1, -0.05) is 18.5 Å². The minimum Gasteiger partial charge on any atom is -0.453 e. The van der Waals surface area contributed by atoms with E-state index >= 15 is 0 Å². The van der Waals surface area contributed by atoms with E-state index in [0.29, 0.717) is 5.02 Å². The number of halogens is 5. The average Bonchev–Trinajstić information content (AvgIpc) is 2.62. The summed E-state index contributed by atoms with van der Waals surface area (Å²) in [5.41, 5.74) is 4.81. The van der Waals surface area contributed by atoms with Crippen LogP contribution in [0.5, 0.6) is 0 Å². The summed E-state index contributed by atoms with van der Waals surface area (Å²) in [4.78, 5) is 19.5. The molecule has 0 aliphatic rings. The number of carbonyl (C=O) groups is 1. The van der Waals surface area contributed by atoms with Crippen LogP contribution in [0.3, 0.4) is 0 Å². The van der Waals surface area contributed by atoms with Gasteiger partial charge in [0.25, 0.3) is 11.9 Å². The lowest BCUT2D eigenvalue weighted by atomic mass is 9.95. The van der Waals surface area contributed by atoms with E-state index in [1.54, 1.807) is 0 Å². The summed E-state index contributed by atoms with van der Waals surface area (Å²) in [5.74, 6) is -2.65. The molecule has 29 heavy (non-hydrogen) atoms. The zero-order chi connectivity index (χ0) is 21.8. The van der Waals surface area contributed by atoms with Crippen LogP contribution in [-0.2, 0) is 4.74 Å². The Morgan fingerprint density at radius 1 is 1.34 bits per heavy atom. The highest BCUT2D eigenvalue weighted by Gasteiger charge is 2.43. The van der Waals surface area contributed by atoms with E-state index in [-0.39, 0.29) is 16.9 Å². The first kappa shape index (κ1) is 22.3. The van der Waals surface area contributed by atoms with Crippen molar-refractivity contribution in [1.29, 1.82) is 5.41 Å². The third-order valence-corrected chi connectivity index (χ3v) is 4.04. The van der Waals surface area contributed by atoms with E-state index < -0.39 is 42.5 Å². The molecule has 1 amide bonds. The van der Waals surface area contributed by atoms with Gasteiger partial charge >= 0.3 is 6.18 Å². The highest BCUT2D eigenvalue weighted by Crippen LogP contribution is 2.33. The van der Waals surface area contributed by atoms with Gasteiger partial charge < -0.3 is 15.8 Å². The van der Waals surface area contributed by atoms with Crippen molar-refractivity contribution in [1.82, 2.24) is 9.97 Å². The van der Waals surface area contributed by atoms with E-state index in [4.69, 9.17) is 22.7 Å². The van der Waals surface area contributed by atoms with Crippen molar-refractivity contribution < 1.29 is 27.1 Å². The molecule has 0 bridgehead atoms. The van der Waals surface area contributed by atoms with Crippen LogP contribution in [0.2, 0.25) is 5.02 Å². The predicted octanol–water partition coefficient (Wildman–Crippen LogP) is 3.86. The smallest absolute Gasteiger partial charge is 0.425 e. The van der Waals surface area contributed by atoms with Crippen LogP contribution in [0.4, 0.5) is 23.2 Å². The van der Waals surface area contributed by atoms with Gasteiger partial charge in [0.05, 0.1) is 16.9 Å². The van der Waals surface area contributed by atoms with E-state index in [1.807, 2.05) is 0 Å². The Hall–Kier alpha value is -2.95. The number of pyridine rings is 2. The molecular weight excluding hydrogens is 418 g/mol. The van der Waals surface area contributed by atoms with Gasteiger partial charge in [0.1, 0.15) is 5.69 Å². The number of nitrogens with zero attached hydrogens (tertiary/aromatic N) is 2. The number of ether oxygens (including phenoxy) is 1. The third kappa shape index (κ3) is 6.28. The lowest BCUT2D eigenvalue weighted by Gasteiger charge is -2.24. The van der Waals surface area contributed by atoms with Crippen molar-refractivity contribution in [2.75, 3.05) is 5.32 Å². The lowest BCUT2D eigenvalue weighted by Crippen LogP contribution is -2.37. The first-order chi connectivity index (χ1) is 13.5. The maximum atomic E-state index is 14.1. The minimum atomic E-state index is -4.81. The van der Waals surface area contributed by atoms with Gasteiger partial charge in [-0.25, -0.2) is 9.97 Å². The quantitative estimate of drug-likeness (QED) is 0.277. The van der Waals surface area contributed by atoms with Gasteiger partial charge in [0.15, 0.2) is 6.10 Å². The van der Waals surface area contributed by atoms with E-state index in [0.717, 1.165) is 6.20 Å². The third-order valence-electron chi connectivity index (χ3n) is 3.82. The van der Waals surface area contributed by atoms with E-state index in [2.05, 4.69) is 20.0 Å². The second kappa shape index (κ2) is 9.03. The number of alkyl halides is 3. The minimum absolute atomic E-state index is 0.0281. The molecule has 0 fully saturated rings. The highest BCUT2D eigenvalue weighted by molar-refractivity contribution is 6.30. The van der Waals surface area contributed by atoms with Crippen LogP contribution >= 0.6 is 11.6 Å². The number of aromatic nitrogens is 2. The fourth-order valence-electron chi connectivity index (χ4n) is 2.43. The molecule has 2 heterocycles. The molecule has 2 atom stereocenters. The average molecular weight is 434 g/mol. The second-order valence-corrected chi connectivity index (χ2v) is 6.51. The molecule has 0 saturated heterocycles. The van der Waals surface area contributed by atoms with E-state index in [1.165, 1.54) is 31.3 Å². The number of hydrogen-bond acceptors (Lipinski definition) is 5. The fraction of sp³-hybridized carbons (Fsp3) is 0.294. The Kier molecular flexibility index (Phi) is 6.96. The maximum Gasteiger partial charge on any atom is 0.425 e. The van der Waals surface area contributed by atoms with Crippen molar-refractivity contribution in [3.05, 3.63) is 52.8 Å². The maximum absolute atomic E-state index is 14.1. The summed E-state index contributed by atoms with van der Waals surface area (Å²) in [5, 5.41) is 9.67. The second-order valence-electron chi connectivity index (χ2n) is 6.07. The number of amides is 1. The lowest BCUT2D eigenvalue weighted by molar-refractivity contribution is -0.202. The molecule has 0 radical (unpaired) electrons. The zero-order valence-electron chi connectivity index (χ0n) is 14.9. The molecule has 0 spiro atoms. The Bertz CT molecular complexity index is 892. The molecule has 0 saturated carbocycles. The number of carbonyl (C=O) groups excluding carboxylic acids is 1. The van der Waals surface area contributed by atoms with Crippen molar-refractivity contribution in [2.24, 2.45) is 5.73 Å². The molecule has 4 N–H and O–H groups in total. The molecule has 12 heteroatoms. The Labute approximate surface area is 167 Å². The largest absolute Gasteiger partial charge is 0.453 e. The Morgan fingerprint density at radius 3 is 2.59 bits per heavy atom. The molecule has 0 unspecified atom stereocenters. The molecular formula is C17H16ClF4N5O2. The molecule has 2 rings (SSSR count). The van der Waals surface area contributed by atoms with Crippen LogP contribution in [0.25, 0.3) is 0 Å². The fourth-order valence-corrected chi connectivity index (χ4v) is 2.55. The van der Waals surface area contributed by atoms with Crippen LogP contribution in [0.1, 0.15) is 35.3 Å². The molecule has 156 valence electrons. The summed E-state index contributed by atoms with van der Waals surface area (Å²) in [6, 6.07) is 2.88. The van der Waals surface area contributed by atoms with Crippen molar-refractivity contribution in [3.63, 3.8) is 0 Å². The Morgan fingerprint density at radius 2 is 2.03 bits per heavy atom. The standard InChI is InChI=1S/C17H16ClF4N5O2/c1-8(4-13(17(20,21)22)29-16(23)24)11-5-10(7-26-14(11)19)27-15(28)12-3-2-9(18)6-25-12/h2-3,5-8,13H,4H2,1H3,(H3,23,24)(H,27,28)/t8-,13-/m0/s1. The number of rotatable bonds is 6. The number of hydrogen-bond donors (Lipinski definition) is 3. The van der Waals surface area contributed by atoms with Crippen LogP contribution < -0.4 is 11.1 Å². The molecule has 0 aromatic carbocycles. The van der Waals surface area contributed by atoms with Gasteiger partial charge in [0, 0.05) is 18.2 Å².